The van der Waals surface area contributed by atoms with Gasteiger partial charge in [-0.25, -0.2) is 8.78 Å². The third-order valence-electron chi connectivity index (χ3n) is 3.03. The Morgan fingerprint density at radius 3 is 1.43 bits per heavy atom. The number of benzene rings is 2. The van der Waals surface area contributed by atoms with E-state index in [9.17, 15) is 8.78 Å². The minimum Gasteiger partial charge on any atom is -0.352 e. The van der Waals surface area contributed by atoms with Gasteiger partial charge >= 0.3 is 0 Å². The lowest BCUT2D eigenvalue weighted by molar-refractivity contribution is -0.0505. The molecule has 4 nitrogen and oxygen atoms in total. The summed E-state index contributed by atoms with van der Waals surface area (Å²) in [6.45, 7) is 3.30. The zero-order valence-electron chi connectivity index (χ0n) is 12.8. The Hall–Kier alpha value is -2.76. The molecular weight excluding hydrogens is 302 g/mol. The van der Waals surface area contributed by atoms with Crippen LogP contribution in [0, 0.1) is 11.6 Å². The van der Waals surface area contributed by atoms with Crippen LogP contribution < -0.4 is 0 Å². The van der Waals surface area contributed by atoms with Crippen molar-refractivity contribution in [2.24, 2.45) is 10.3 Å². The minimum atomic E-state index is -0.309. The Labute approximate surface area is 133 Å². The zero-order chi connectivity index (χ0) is 16.7. The van der Waals surface area contributed by atoms with Crippen LogP contribution in [0.25, 0.3) is 0 Å². The lowest BCUT2D eigenvalue weighted by atomic mass is 10.1. The Morgan fingerprint density at radius 1 is 0.739 bits per heavy atom. The molecule has 2 aromatic carbocycles. The van der Waals surface area contributed by atoms with Gasteiger partial charge in [-0.2, -0.15) is 0 Å². The summed E-state index contributed by atoms with van der Waals surface area (Å²) in [7, 11) is 0. The summed E-state index contributed by atoms with van der Waals surface area (Å²) in [5, 5.41) is 7.71. The van der Waals surface area contributed by atoms with E-state index in [0.717, 1.165) is 11.1 Å². The van der Waals surface area contributed by atoms with Crippen molar-refractivity contribution in [1.29, 1.82) is 0 Å². The van der Waals surface area contributed by atoms with E-state index in [1.54, 1.807) is 38.1 Å². The van der Waals surface area contributed by atoms with Crippen molar-refractivity contribution in [3.8, 4) is 0 Å². The molecule has 2 rings (SSSR count). The normalized spacial score (nSPS) is 12.2. The molecule has 0 radical (unpaired) electrons. The molecule has 0 spiro atoms. The second-order valence-corrected chi connectivity index (χ2v) is 4.74. The standard InChI is InChI=1S/C17H16F2N2O2/c1-12(14-3-7-16(18)8-4-14)20-22-11-23-21-13(2)15-5-9-17(19)10-6-15/h3-10H,11H2,1-2H3. The molecule has 120 valence electrons. The maximum Gasteiger partial charge on any atom is 0.280 e. The monoisotopic (exact) mass is 318 g/mol. The molecule has 0 saturated heterocycles. The Morgan fingerprint density at radius 2 is 1.09 bits per heavy atom. The van der Waals surface area contributed by atoms with Crippen LogP contribution in [0.2, 0.25) is 0 Å². The van der Waals surface area contributed by atoms with Crippen LogP contribution in [-0.4, -0.2) is 18.2 Å². The second-order valence-electron chi connectivity index (χ2n) is 4.74. The van der Waals surface area contributed by atoms with Gasteiger partial charge < -0.3 is 9.68 Å². The number of hydrogen-bond donors (Lipinski definition) is 0. The molecule has 0 aliphatic heterocycles. The molecule has 6 heteroatoms. The van der Waals surface area contributed by atoms with E-state index in [4.69, 9.17) is 9.68 Å². The molecule has 23 heavy (non-hydrogen) atoms. The van der Waals surface area contributed by atoms with Gasteiger partial charge in [0, 0.05) is 0 Å². The van der Waals surface area contributed by atoms with Crippen molar-refractivity contribution in [2.45, 2.75) is 13.8 Å². The molecule has 0 aromatic heterocycles. The van der Waals surface area contributed by atoms with Crippen LogP contribution in [0.5, 0.6) is 0 Å². The highest BCUT2D eigenvalue weighted by Crippen LogP contribution is 2.06. The number of rotatable bonds is 6. The predicted molar refractivity (Wildman–Crippen MR) is 84.3 cm³/mol. The van der Waals surface area contributed by atoms with Gasteiger partial charge in [-0.05, 0) is 49.2 Å². The van der Waals surface area contributed by atoms with E-state index < -0.39 is 0 Å². The Kier molecular flexibility index (Phi) is 5.80. The quantitative estimate of drug-likeness (QED) is 0.348. The SMILES string of the molecule is CC(=NOCON=C(C)c1ccc(F)cc1)c1ccc(F)cc1. The van der Waals surface area contributed by atoms with Gasteiger partial charge in [0.15, 0.2) is 0 Å². The summed E-state index contributed by atoms with van der Waals surface area (Å²) in [5.74, 6) is -0.618. The largest absolute Gasteiger partial charge is 0.352 e. The van der Waals surface area contributed by atoms with Crippen molar-refractivity contribution < 1.29 is 18.5 Å². The van der Waals surface area contributed by atoms with Crippen LogP contribution in [-0.2, 0) is 9.68 Å². The molecule has 0 heterocycles. The molecule has 0 N–H and O–H groups in total. The molecule has 0 atom stereocenters. The number of hydrogen-bond acceptors (Lipinski definition) is 4. The van der Waals surface area contributed by atoms with E-state index >= 15 is 0 Å². The summed E-state index contributed by atoms with van der Waals surface area (Å²) < 4.78 is 25.6. The maximum atomic E-state index is 12.8. The van der Waals surface area contributed by atoms with Gasteiger partial charge in [-0.1, -0.05) is 34.6 Å². The van der Waals surface area contributed by atoms with Gasteiger partial charge in [-0.15, -0.1) is 0 Å². The summed E-state index contributed by atoms with van der Waals surface area (Å²) in [6.07, 6.45) is 0. The van der Waals surface area contributed by atoms with Gasteiger partial charge in [-0.3, -0.25) is 0 Å². The summed E-state index contributed by atoms with van der Waals surface area (Å²) >= 11 is 0. The number of halogens is 2. The van der Waals surface area contributed by atoms with Crippen LogP contribution in [0.1, 0.15) is 25.0 Å². The zero-order valence-corrected chi connectivity index (χ0v) is 12.8. The van der Waals surface area contributed by atoms with E-state index in [1.807, 2.05) is 0 Å². The molecular formula is C17H16F2N2O2. The molecule has 2 aromatic rings. The van der Waals surface area contributed by atoms with E-state index in [0.29, 0.717) is 11.4 Å². The summed E-state index contributed by atoms with van der Waals surface area (Å²) in [4.78, 5) is 9.98. The van der Waals surface area contributed by atoms with Gasteiger partial charge in [0.1, 0.15) is 11.6 Å². The molecule has 0 bridgehead atoms. The maximum absolute atomic E-state index is 12.8. The second kappa shape index (κ2) is 8.03. The highest BCUT2D eigenvalue weighted by molar-refractivity contribution is 5.98. The van der Waals surface area contributed by atoms with E-state index in [2.05, 4.69) is 10.3 Å². The molecule has 0 aliphatic carbocycles. The van der Waals surface area contributed by atoms with Crippen molar-refractivity contribution in [2.75, 3.05) is 6.79 Å². The van der Waals surface area contributed by atoms with Crippen LogP contribution >= 0.6 is 0 Å². The van der Waals surface area contributed by atoms with Crippen LogP contribution in [0.15, 0.2) is 58.8 Å². The van der Waals surface area contributed by atoms with Gasteiger partial charge in [0.05, 0.1) is 11.4 Å². The van der Waals surface area contributed by atoms with Gasteiger partial charge in [0.2, 0.25) is 0 Å². The third kappa shape index (κ3) is 5.18. The minimum absolute atomic E-state index is 0.170. The lowest BCUT2D eigenvalue weighted by Gasteiger charge is -2.03. The average molecular weight is 318 g/mol. The predicted octanol–water partition coefficient (Wildman–Crippen LogP) is 4.10. The van der Waals surface area contributed by atoms with E-state index in [1.165, 1.54) is 24.3 Å². The third-order valence-corrected chi connectivity index (χ3v) is 3.03. The topological polar surface area (TPSA) is 43.2 Å². The Balaban J connectivity index is 1.82. The lowest BCUT2D eigenvalue weighted by Crippen LogP contribution is -2.00. The van der Waals surface area contributed by atoms with Crippen molar-refractivity contribution >= 4 is 11.4 Å². The summed E-state index contributed by atoms with van der Waals surface area (Å²) in [5.41, 5.74) is 2.68. The fourth-order valence-electron chi connectivity index (χ4n) is 1.76. The van der Waals surface area contributed by atoms with Crippen molar-refractivity contribution in [3.63, 3.8) is 0 Å². The molecule has 0 aliphatic rings. The highest BCUT2D eigenvalue weighted by atomic mass is 19.1. The molecule has 0 amide bonds. The van der Waals surface area contributed by atoms with E-state index in [-0.39, 0.29) is 18.4 Å². The average Bonchev–Trinajstić information content (AvgIpc) is 2.55. The first kappa shape index (κ1) is 16.6. The molecule has 0 fully saturated rings. The van der Waals surface area contributed by atoms with Crippen molar-refractivity contribution in [1.82, 2.24) is 0 Å². The first-order chi connectivity index (χ1) is 11.1. The molecule has 0 unspecified atom stereocenters. The first-order valence-electron chi connectivity index (χ1n) is 6.91. The summed E-state index contributed by atoms with van der Waals surface area (Å²) in [6, 6.07) is 11.8. The Bertz CT molecular complexity index is 634. The highest BCUT2D eigenvalue weighted by Gasteiger charge is 2.00. The number of nitrogens with zero attached hydrogens (tertiary/aromatic N) is 2. The fourth-order valence-corrected chi connectivity index (χ4v) is 1.76. The van der Waals surface area contributed by atoms with Gasteiger partial charge in [0.25, 0.3) is 6.79 Å². The fraction of sp³-hybridized carbons (Fsp3) is 0.176. The van der Waals surface area contributed by atoms with Crippen molar-refractivity contribution in [3.05, 3.63) is 71.3 Å². The number of oxime groups is 2. The first-order valence-corrected chi connectivity index (χ1v) is 6.91. The molecule has 0 saturated carbocycles. The van der Waals surface area contributed by atoms with Crippen LogP contribution in [0.3, 0.4) is 0 Å². The van der Waals surface area contributed by atoms with Crippen LogP contribution in [0.4, 0.5) is 8.78 Å². The smallest absolute Gasteiger partial charge is 0.280 e.